The highest BCUT2D eigenvalue weighted by Gasteiger charge is 2.17. The lowest BCUT2D eigenvalue weighted by molar-refractivity contribution is 0.171. The highest BCUT2D eigenvalue weighted by atomic mass is 35.5. The average molecular weight is 345 g/mol. The number of ether oxygens (including phenoxy) is 2. The number of fused-ring (bicyclic) bond motifs is 2. The Bertz CT molecular complexity index is 867. The second-order valence-corrected chi connectivity index (χ2v) is 6.46. The highest BCUT2D eigenvalue weighted by Crippen LogP contribution is 2.39. The fourth-order valence-electron chi connectivity index (χ4n) is 2.49. The number of rotatable bonds is 3. The van der Waals surface area contributed by atoms with Crippen molar-refractivity contribution < 1.29 is 9.47 Å². The van der Waals surface area contributed by atoms with E-state index < -0.39 is 0 Å². The second-order valence-electron chi connectivity index (χ2n) is 5.09. The van der Waals surface area contributed by atoms with Crippen LogP contribution in [-0.4, -0.2) is 23.2 Å². The Hall–Kier alpha value is -1.98. The van der Waals surface area contributed by atoms with Crippen molar-refractivity contribution in [1.82, 2.24) is 9.97 Å². The molecule has 0 saturated heterocycles. The van der Waals surface area contributed by atoms with Crippen molar-refractivity contribution in [3.8, 4) is 11.5 Å². The molecule has 0 radical (unpaired) electrons. The van der Waals surface area contributed by atoms with Gasteiger partial charge in [0.2, 0.25) is 0 Å². The summed E-state index contributed by atoms with van der Waals surface area (Å²) < 4.78 is 11.2. The summed E-state index contributed by atoms with van der Waals surface area (Å²) in [5.41, 5.74) is 2.03. The minimum absolute atomic E-state index is 0.535. The number of halogens is 1. The summed E-state index contributed by atoms with van der Waals surface area (Å²) in [6, 6.07) is 11.9. The Morgan fingerprint density at radius 2 is 1.96 bits per heavy atom. The Morgan fingerprint density at radius 1 is 1.09 bits per heavy atom. The first-order valence-electron chi connectivity index (χ1n) is 7.22. The SMILES string of the molecule is Clc1cc(CSc2ncnc3ccccc23)cc2c1OCCO2. The smallest absolute Gasteiger partial charge is 0.179 e. The van der Waals surface area contributed by atoms with Gasteiger partial charge in [-0.3, -0.25) is 0 Å². The van der Waals surface area contributed by atoms with Crippen LogP contribution in [0.3, 0.4) is 0 Å². The van der Waals surface area contributed by atoms with Crippen molar-refractivity contribution in [2.45, 2.75) is 10.8 Å². The molecule has 0 unspecified atom stereocenters. The standard InChI is InChI=1S/C17H13ClN2O2S/c18-13-7-11(8-15-16(13)22-6-5-21-15)9-23-17-12-3-1-2-4-14(12)19-10-20-17/h1-4,7-8,10H,5-6,9H2. The van der Waals surface area contributed by atoms with Crippen LogP contribution in [0, 0.1) is 0 Å². The van der Waals surface area contributed by atoms with Crippen LogP contribution in [0.15, 0.2) is 47.8 Å². The van der Waals surface area contributed by atoms with E-state index in [4.69, 9.17) is 21.1 Å². The number of nitrogens with zero attached hydrogens (tertiary/aromatic N) is 2. The lowest BCUT2D eigenvalue weighted by atomic mass is 10.2. The van der Waals surface area contributed by atoms with Crippen LogP contribution in [0.5, 0.6) is 11.5 Å². The predicted octanol–water partition coefficient (Wildman–Crippen LogP) is 4.35. The first kappa shape index (κ1) is 14.6. The third kappa shape index (κ3) is 2.94. The normalized spacial score (nSPS) is 13.3. The van der Waals surface area contributed by atoms with Crippen LogP contribution in [-0.2, 0) is 5.75 Å². The monoisotopic (exact) mass is 344 g/mol. The van der Waals surface area contributed by atoms with Gasteiger partial charge >= 0.3 is 0 Å². The first-order chi connectivity index (χ1) is 11.3. The minimum Gasteiger partial charge on any atom is -0.486 e. The van der Waals surface area contributed by atoms with Crippen LogP contribution in [0.25, 0.3) is 10.9 Å². The number of aromatic nitrogens is 2. The summed E-state index contributed by atoms with van der Waals surface area (Å²) in [7, 11) is 0. The molecule has 2 heterocycles. The topological polar surface area (TPSA) is 44.2 Å². The number of hydrogen-bond acceptors (Lipinski definition) is 5. The summed E-state index contributed by atoms with van der Waals surface area (Å²) in [6.45, 7) is 1.09. The average Bonchev–Trinajstić information content (AvgIpc) is 2.60. The first-order valence-corrected chi connectivity index (χ1v) is 8.58. The molecule has 0 fully saturated rings. The molecule has 23 heavy (non-hydrogen) atoms. The van der Waals surface area contributed by atoms with Crippen LogP contribution in [0.2, 0.25) is 5.02 Å². The third-order valence-corrected chi connectivity index (χ3v) is 4.90. The molecule has 1 aliphatic heterocycles. The lowest BCUT2D eigenvalue weighted by Gasteiger charge is -2.20. The van der Waals surface area contributed by atoms with Crippen molar-refractivity contribution in [2.24, 2.45) is 0 Å². The van der Waals surface area contributed by atoms with Gasteiger partial charge in [0.15, 0.2) is 11.5 Å². The molecule has 1 aromatic heterocycles. The van der Waals surface area contributed by atoms with Crippen molar-refractivity contribution in [2.75, 3.05) is 13.2 Å². The molecular weight excluding hydrogens is 332 g/mol. The Morgan fingerprint density at radius 3 is 2.91 bits per heavy atom. The van der Waals surface area contributed by atoms with E-state index in [0.29, 0.717) is 29.7 Å². The number of thioether (sulfide) groups is 1. The van der Waals surface area contributed by atoms with Crippen molar-refractivity contribution >= 4 is 34.3 Å². The zero-order valence-electron chi connectivity index (χ0n) is 12.2. The van der Waals surface area contributed by atoms with Crippen LogP contribution < -0.4 is 9.47 Å². The maximum Gasteiger partial charge on any atom is 0.179 e. The van der Waals surface area contributed by atoms with Gasteiger partial charge in [0.25, 0.3) is 0 Å². The van der Waals surface area contributed by atoms with Crippen LogP contribution in [0.1, 0.15) is 5.56 Å². The zero-order chi connectivity index (χ0) is 15.6. The molecular formula is C17H13ClN2O2S. The molecule has 0 spiro atoms. The molecule has 4 nitrogen and oxygen atoms in total. The maximum absolute atomic E-state index is 6.28. The summed E-state index contributed by atoms with van der Waals surface area (Å²) in [6.07, 6.45) is 1.60. The van der Waals surface area contributed by atoms with E-state index in [1.807, 2.05) is 36.4 Å². The van der Waals surface area contributed by atoms with E-state index in [1.54, 1.807) is 18.1 Å². The Balaban J connectivity index is 1.60. The predicted molar refractivity (Wildman–Crippen MR) is 91.5 cm³/mol. The summed E-state index contributed by atoms with van der Waals surface area (Å²) in [5.74, 6) is 2.10. The minimum atomic E-state index is 0.535. The van der Waals surface area contributed by atoms with E-state index in [2.05, 4.69) is 9.97 Å². The van der Waals surface area contributed by atoms with E-state index in [1.165, 1.54) is 0 Å². The molecule has 2 aromatic carbocycles. The Labute approximate surface area is 142 Å². The second kappa shape index (κ2) is 6.26. The molecule has 0 bridgehead atoms. The molecule has 4 rings (SSSR count). The van der Waals surface area contributed by atoms with E-state index >= 15 is 0 Å². The Kier molecular flexibility index (Phi) is 3.97. The van der Waals surface area contributed by atoms with Crippen LogP contribution in [0.4, 0.5) is 0 Å². The molecule has 116 valence electrons. The molecule has 0 N–H and O–H groups in total. The fourth-order valence-corrected chi connectivity index (χ4v) is 3.70. The van der Waals surface area contributed by atoms with E-state index in [-0.39, 0.29) is 0 Å². The van der Waals surface area contributed by atoms with E-state index in [0.717, 1.165) is 27.2 Å². The van der Waals surface area contributed by atoms with Gasteiger partial charge in [0.1, 0.15) is 24.6 Å². The van der Waals surface area contributed by atoms with Gasteiger partial charge in [-0.2, -0.15) is 0 Å². The van der Waals surface area contributed by atoms with Gasteiger partial charge in [0.05, 0.1) is 10.5 Å². The molecule has 1 aliphatic rings. The lowest BCUT2D eigenvalue weighted by Crippen LogP contribution is -2.15. The maximum atomic E-state index is 6.28. The molecule has 0 aliphatic carbocycles. The van der Waals surface area contributed by atoms with Gasteiger partial charge in [-0.05, 0) is 23.8 Å². The number of hydrogen-bond donors (Lipinski definition) is 0. The number of benzene rings is 2. The van der Waals surface area contributed by atoms with E-state index in [9.17, 15) is 0 Å². The highest BCUT2D eigenvalue weighted by molar-refractivity contribution is 7.98. The number of para-hydroxylation sites is 1. The van der Waals surface area contributed by atoms with Crippen molar-refractivity contribution in [3.05, 3.63) is 53.3 Å². The third-order valence-electron chi connectivity index (χ3n) is 3.54. The summed E-state index contributed by atoms with van der Waals surface area (Å²) in [4.78, 5) is 8.68. The van der Waals surface area contributed by atoms with Gasteiger partial charge in [0, 0.05) is 11.1 Å². The molecule has 3 aromatic rings. The fraction of sp³-hybridized carbons (Fsp3) is 0.176. The van der Waals surface area contributed by atoms with Gasteiger partial charge in [-0.25, -0.2) is 9.97 Å². The zero-order valence-corrected chi connectivity index (χ0v) is 13.7. The summed E-state index contributed by atoms with van der Waals surface area (Å²) >= 11 is 7.94. The molecule has 6 heteroatoms. The molecule has 0 atom stereocenters. The van der Waals surface area contributed by atoms with Gasteiger partial charge < -0.3 is 9.47 Å². The van der Waals surface area contributed by atoms with Crippen molar-refractivity contribution in [3.63, 3.8) is 0 Å². The molecule has 0 saturated carbocycles. The van der Waals surface area contributed by atoms with Gasteiger partial charge in [-0.1, -0.05) is 29.8 Å². The quantitative estimate of drug-likeness (QED) is 0.522. The molecule has 0 amide bonds. The largest absolute Gasteiger partial charge is 0.486 e. The van der Waals surface area contributed by atoms with Crippen molar-refractivity contribution in [1.29, 1.82) is 0 Å². The van der Waals surface area contributed by atoms with Gasteiger partial charge in [-0.15, -0.1) is 11.8 Å². The van der Waals surface area contributed by atoms with Crippen LogP contribution >= 0.6 is 23.4 Å². The summed E-state index contributed by atoms with van der Waals surface area (Å²) in [5, 5.41) is 2.61.